The molecule has 0 amide bonds. The van der Waals surface area contributed by atoms with Crippen LogP contribution in [-0.4, -0.2) is 48.6 Å². The lowest BCUT2D eigenvalue weighted by Gasteiger charge is -2.42. The van der Waals surface area contributed by atoms with Crippen molar-refractivity contribution in [2.24, 2.45) is 11.8 Å². The topological polar surface area (TPSA) is 6.48 Å². The molecule has 2 bridgehead atoms. The lowest BCUT2D eigenvalue weighted by atomic mass is 9.87. The van der Waals surface area contributed by atoms with E-state index in [4.69, 9.17) is 0 Å². The number of rotatable bonds is 3. The molecule has 3 heterocycles. The summed E-state index contributed by atoms with van der Waals surface area (Å²) in [4.78, 5) is 5.41. The van der Waals surface area contributed by atoms with Crippen LogP contribution in [0.15, 0.2) is 0 Å². The van der Waals surface area contributed by atoms with Crippen molar-refractivity contribution in [3.63, 3.8) is 0 Å². The van der Waals surface area contributed by atoms with Crippen LogP contribution in [-0.2, 0) is 0 Å². The Morgan fingerprint density at radius 3 is 2.06 bits per heavy atom. The first kappa shape index (κ1) is 12.9. The van der Waals surface area contributed by atoms with Crippen LogP contribution in [0.3, 0.4) is 0 Å². The largest absolute Gasteiger partial charge is 0.306 e. The Hall–Kier alpha value is -0.0800. The Balaban J connectivity index is 1.54. The number of nitrogens with zero attached hydrogens (tertiary/aromatic N) is 2. The summed E-state index contributed by atoms with van der Waals surface area (Å²) >= 11 is 0. The number of hydrogen-bond acceptors (Lipinski definition) is 2. The highest BCUT2D eigenvalue weighted by molar-refractivity contribution is 4.95. The van der Waals surface area contributed by atoms with Gasteiger partial charge < -0.3 is 4.90 Å². The number of fused-ring (bicyclic) bond motifs is 2. The van der Waals surface area contributed by atoms with E-state index in [0.717, 1.165) is 23.9 Å². The fourth-order valence-corrected chi connectivity index (χ4v) is 4.56. The Morgan fingerprint density at radius 2 is 1.50 bits per heavy atom. The molecule has 3 aliphatic heterocycles. The van der Waals surface area contributed by atoms with Gasteiger partial charge in [0, 0.05) is 18.6 Å². The lowest BCUT2D eigenvalue weighted by molar-refractivity contribution is 0.0691. The van der Waals surface area contributed by atoms with Gasteiger partial charge in [0.2, 0.25) is 0 Å². The van der Waals surface area contributed by atoms with Gasteiger partial charge in [-0.15, -0.1) is 0 Å². The Bertz CT molecular complexity index is 256. The van der Waals surface area contributed by atoms with E-state index in [2.05, 4.69) is 23.8 Å². The Kier molecular flexibility index (Phi) is 3.95. The lowest BCUT2D eigenvalue weighted by Crippen LogP contribution is -2.46. The van der Waals surface area contributed by atoms with Gasteiger partial charge in [-0.05, 0) is 70.5 Å². The fraction of sp³-hybridized carbons (Fsp3) is 1.00. The zero-order valence-corrected chi connectivity index (χ0v) is 12.3. The number of piperidine rings is 2. The predicted molar refractivity (Wildman–Crippen MR) is 76.8 cm³/mol. The van der Waals surface area contributed by atoms with Crippen molar-refractivity contribution in [2.45, 2.75) is 64.0 Å². The average Bonchev–Trinajstić information content (AvgIpc) is 2.63. The molecule has 0 N–H and O–H groups in total. The molecule has 0 spiro atoms. The van der Waals surface area contributed by atoms with E-state index < -0.39 is 0 Å². The molecular formula is C16H30N2. The van der Waals surface area contributed by atoms with Crippen molar-refractivity contribution in [3.8, 4) is 0 Å². The van der Waals surface area contributed by atoms with E-state index in [1.807, 2.05) is 0 Å². The van der Waals surface area contributed by atoms with Crippen LogP contribution in [0, 0.1) is 11.8 Å². The minimum Gasteiger partial charge on any atom is -0.306 e. The van der Waals surface area contributed by atoms with Crippen molar-refractivity contribution in [1.29, 1.82) is 0 Å². The molecule has 0 aromatic carbocycles. The molecular weight excluding hydrogens is 220 g/mol. The summed E-state index contributed by atoms with van der Waals surface area (Å²) in [6, 6.07) is 1.90. The molecule has 0 radical (unpaired) electrons. The predicted octanol–water partition coefficient (Wildman–Crippen LogP) is 2.98. The van der Waals surface area contributed by atoms with Gasteiger partial charge in [-0.2, -0.15) is 0 Å². The van der Waals surface area contributed by atoms with Crippen LogP contribution >= 0.6 is 0 Å². The van der Waals surface area contributed by atoms with Gasteiger partial charge in [0.25, 0.3) is 0 Å². The zero-order valence-electron chi connectivity index (χ0n) is 12.3. The van der Waals surface area contributed by atoms with Gasteiger partial charge >= 0.3 is 0 Å². The van der Waals surface area contributed by atoms with Crippen molar-refractivity contribution >= 4 is 0 Å². The quantitative estimate of drug-likeness (QED) is 0.760. The maximum absolute atomic E-state index is 2.92. The third kappa shape index (κ3) is 2.60. The summed E-state index contributed by atoms with van der Waals surface area (Å²) in [6.45, 7) is 6.45. The monoisotopic (exact) mass is 250 g/mol. The highest BCUT2D eigenvalue weighted by Gasteiger charge is 2.40. The number of hydrogen-bond donors (Lipinski definition) is 0. The Labute approximate surface area is 113 Å². The summed E-state index contributed by atoms with van der Waals surface area (Å²) in [5.74, 6) is 2.03. The fourth-order valence-electron chi connectivity index (χ4n) is 4.56. The summed E-state index contributed by atoms with van der Waals surface area (Å²) in [5.41, 5.74) is 0. The normalized spacial score (nSPS) is 39.3. The molecule has 2 heteroatoms. The maximum atomic E-state index is 2.92. The summed E-state index contributed by atoms with van der Waals surface area (Å²) < 4.78 is 0. The van der Waals surface area contributed by atoms with Crippen molar-refractivity contribution in [1.82, 2.24) is 9.80 Å². The van der Waals surface area contributed by atoms with Gasteiger partial charge in [-0.25, -0.2) is 0 Å². The highest BCUT2D eigenvalue weighted by Crippen LogP contribution is 2.40. The minimum absolute atomic E-state index is 0.952. The Morgan fingerprint density at radius 1 is 0.889 bits per heavy atom. The van der Waals surface area contributed by atoms with Gasteiger partial charge in [-0.3, -0.25) is 4.90 Å². The molecule has 3 saturated heterocycles. The molecule has 2 unspecified atom stereocenters. The standard InChI is InChI=1S/C16H30N2/c1-3-13-10-15-4-5-16(11-13)18(15)12-14-6-8-17(2)9-7-14/h13-16H,3-12H2,1-2H3. The van der Waals surface area contributed by atoms with Gasteiger partial charge in [0.1, 0.15) is 0 Å². The second-order valence-corrected chi connectivity index (χ2v) is 7.07. The van der Waals surface area contributed by atoms with Crippen LogP contribution in [0.1, 0.15) is 51.9 Å². The van der Waals surface area contributed by atoms with Gasteiger partial charge in [0.15, 0.2) is 0 Å². The molecule has 0 aliphatic carbocycles. The van der Waals surface area contributed by atoms with Crippen molar-refractivity contribution in [2.75, 3.05) is 26.7 Å². The highest BCUT2D eigenvalue weighted by atomic mass is 15.2. The van der Waals surface area contributed by atoms with Crippen molar-refractivity contribution in [3.05, 3.63) is 0 Å². The molecule has 3 rings (SSSR count). The maximum Gasteiger partial charge on any atom is 0.0101 e. The summed E-state index contributed by atoms with van der Waals surface area (Å²) in [5, 5.41) is 0. The van der Waals surface area contributed by atoms with Crippen LogP contribution in [0.4, 0.5) is 0 Å². The molecule has 3 aliphatic rings. The molecule has 0 aromatic rings. The van der Waals surface area contributed by atoms with E-state index in [1.165, 1.54) is 64.6 Å². The van der Waals surface area contributed by atoms with Crippen LogP contribution in [0.2, 0.25) is 0 Å². The van der Waals surface area contributed by atoms with E-state index in [0.29, 0.717) is 0 Å². The molecule has 18 heavy (non-hydrogen) atoms. The SMILES string of the molecule is CCC1CC2CCC(C1)N2CC1CCN(C)CC1. The third-order valence-electron chi connectivity index (χ3n) is 5.87. The first-order valence-electron chi connectivity index (χ1n) is 8.20. The van der Waals surface area contributed by atoms with Crippen molar-refractivity contribution < 1.29 is 0 Å². The smallest absolute Gasteiger partial charge is 0.0101 e. The number of likely N-dealkylation sites (tertiary alicyclic amines) is 1. The molecule has 0 aromatic heterocycles. The third-order valence-corrected chi connectivity index (χ3v) is 5.87. The summed E-state index contributed by atoms with van der Waals surface area (Å²) in [6.07, 6.45) is 10.3. The van der Waals surface area contributed by atoms with E-state index >= 15 is 0 Å². The first-order valence-corrected chi connectivity index (χ1v) is 8.20. The molecule has 2 atom stereocenters. The second-order valence-electron chi connectivity index (χ2n) is 7.07. The van der Waals surface area contributed by atoms with Crippen LogP contribution < -0.4 is 0 Å². The second kappa shape index (κ2) is 5.50. The molecule has 0 saturated carbocycles. The van der Waals surface area contributed by atoms with Gasteiger partial charge in [0.05, 0.1) is 0 Å². The average molecular weight is 250 g/mol. The summed E-state index contributed by atoms with van der Waals surface area (Å²) in [7, 11) is 2.27. The first-order chi connectivity index (χ1) is 8.76. The van der Waals surface area contributed by atoms with Crippen LogP contribution in [0.5, 0.6) is 0 Å². The van der Waals surface area contributed by atoms with Gasteiger partial charge in [-0.1, -0.05) is 13.3 Å². The molecule has 104 valence electrons. The molecule has 2 nitrogen and oxygen atoms in total. The zero-order chi connectivity index (χ0) is 12.5. The van der Waals surface area contributed by atoms with E-state index in [9.17, 15) is 0 Å². The molecule has 3 fully saturated rings. The van der Waals surface area contributed by atoms with E-state index in [-0.39, 0.29) is 0 Å². The minimum atomic E-state index is 0.952. The van der Waals surface area contributed by atoms with E-state index in [1.54, 1.807) is 0 Å². The van der Waals surface area contributed by atoms with Crippen LogP contribution in [0.25, 0.3) is 0 Å².